The van der Waals surface area contributed by atoms with E-state index in [1.165, 1.54) is 12.0 Å². The third-order valence-corrected chi connectivity index (χ3v) is 6.92. The second-order valence-electron chi connectivity index (χ2n) is 9.51. The molecule has 212 valence electrons. The Morgan fingerprint density at radius 1 is 0.881 bits per heavy atom. The Morgan fingerprint density at radius 2 is 1.55 bits per heavy atom. The SMILES string of the molecule is COc1ccc(NC(=O)C(c2ccc(OC)cc2)N(Cc2cccnc2)C(=O)CN2C(=O)C(=O)c3ccccc32)cc1. The minimum Gasteiger partial charge on any atom is -0.497 e. The van der Waals surface area contributed by atoms with Crippen LogP contribution in [0.2, 0.25) is 0 Å². The second-order valence-corrected chi connectivity index (χ2v) is 9.51. The highest BCUT2D eigenvalue weighted by atomic mass is 16.5. The van der Waals surface area contributed by atoms with Crippen LogP contribution in [0.15, 0.2) is 97.3 Å². The van der Waals surface area contributed by atoms with Crippen molar-refractivity contribution in [3.8, 4) is 11.5 Å². The van der Waals surface area contributed by atoms with Crippen molar-refractivity contribution in [2.75, 3.05) is 31.0 Å². The molecule has 0 saturated carbocycles. The molecule has 0 aliphatic carbocycles. The Labute approximate surface area is 242 Å². The van der Waals surface area contributed by atoms with Gasteiger partial charge in [0.15, 0.2) is 0 Å². The van der Waals surface area contributed by atoms with Crippen LogP contribution in [-0.4, -0.2) is 54.2 Å². The van der Waals surface area contributed by atoms with Crippen molar-refractivity contribution in [3.05, 3.63) is 114 Å². The van der Waals surface area contributed by atoms with Crippen LogP contribution in [0.4, 0.5) is 11.4 Å². The van der Waals surface area contributed by atoms with E-state index in [1.54, 1.807) is 104 Å². The lowest BCUT2D eigenvalue weighted by Crippen LogP contribution is -2.46. The van der Waals surface area contributed by atoms with Gasteiger partial charge in [0.2, 0.25) is 5.91 Å². The summed E-state index contributed by atoms with van der Waals surface area (Å²) >= 11 is 0. The van der Waals surface area contributed by atoms with Crippen molar-refractivity contribution in [1.82, 2.24) is 9.88 Å². The summed E-state index contributed by atoms with van der Waals surface area (Å²) in [6.45, 7) is -0.429. The maximum atomic E-state index is 14.1. The van der Waals surface area contributed by atoms with Crippen LogP contribution in [0.5, 0.6) is 11.5 Å². The Kier molecular flexibility index (Phi) is 8.24. The number of carbonyl (C=O) groups excluding carboxylic acids is 4. The van der Waals surface area contributed by atoms with Crippen molar-refractivity contribution in [2.24, 2.45) is 0 Å². The molecule has 0 spiro atoms. The van der Waals surface area contributed by atoms with Gasteiger partial charge in [0.1, 0.15) is 24.1 Å². The van der Waals surface area contributed by atoms with Crippen molar-refractivity contribution in [3.63, 3.8) is 0 Å². The number of aromatic nitrogens is 1. The van der Waals surface area contributed by atoms with Gasteiger partial charge in [0.05, 0.1) is 25.5 Å². The predicted molar refractivity (Wildman–Crippen MR) is 155 cm³/mol. The van der Waals surface area contributed by atoms with E-state index >= 15 is 0 Å². The average Bonchev–Trinajstić information content (AvgIpc) is 3.26. The summed E-state index contributed by atoms with van der Waals surface area (Å²) in [4.78, 5) is 60.3. The molecule has 0 radical (unpaired) electrons. The molecule has 42 heavy (non-hydrogen) atoms. The lowest BCUT2D eigenvalue weighted by Gasteiger charge is -2.33. The Morgan fingerprint density at radius 3 is 2.19 bits per heavy atom. The number of rotatable bonds is 10. The summed E-state index contributed by atoms with van der Waals surface area (Å²) in [7, 11) is 3.08. The smallest absolute Gasteiger partial charge is 0.299 e. The number of hydrogen-bond acceptors (Lipinski definition) is 7. The highest BCUT2D eigenvalue weighted by molar-refractivity contribution is 6.52. The fourth-order valence-corrected chi connectivity index (χ4v) is 4.79. The van der Waals surface area contributed by atoms with E-state index in [2.05, 4.69) is 10.3 Å². The summed E-state index contributed by atoms with van der Waals surface area (Å²) in [5.74, 6) is -1.29. The monoisotopic (exact) mass is 564 g/mol. The molecule has 1 unspecified atom stereocenters. The molecule has 1 atom stereocenters. The molecule has 1 aliphatic rings. The second kappa shape index (κ2) is 12.3. The molecule has 3 amide bonds. The zero-order valence-corrected chi connectivity index (χ0v) is 23.0. The summed E-state index contributed by atoms with van der Waals surface area (Å²) in [6.07, 6.45) is 3.21. The van der Waals surface area contributed by atoms with E-state index < -0.39 is 36.1 Å². The molecule has 1 N–H and O–H groups in total. The van der Waals surface area contributed by atoms with E-state index in [1.807, 2.05) is 0 Å². The maximum Gasteiger partial charge on any atom is 0.299 e. The van der Waals surface area contributed by atoms with Crippen LogP contribution in [-0.2, 0) is 20.9 Å². The number of anilines is 2. The summed E-state index contributed by atoms with van der Waals surface area (Å²) < 4.78 is 10.5. The van der Waals surface area contributed by atoms with Gasteiger partial charge in [-0.15, -0.1) is 0 Å². The van der Waals surface area contributed by atoms with Gasteiger partial charge in [-0.1, -0.05) is 30.3 Å². The zero-order chi connectivity index (χ0) is 29.6. The molecule has 0 saturated heterocycles. The number of ether oxygens (including phenoxy) is 2. The number of hydrogen-bond donors (Lipinski definition) is 1. The average molecular weight is 565 g/mol. The van der Waals surface area contributed by atoms with E-state index in [4.69, 9.17) is 9.47 Å². The first kappa shape index (κ1) is 28.0. The topological polar surface area (TPSA) is 118 Å². The van der Waals surface area contributed by atoms with Crippen molar-refractivity contribution in [2.45, 2.75) is 12.6 Å². The number of nitrogens with zero attached hydrogens (tertiary/aromatic N) is 3. The molecule has 1 aliphatic heterocycles. The minimum absolute atomic E-state index is 0.0109. The maximum absolute atomic E-state index is 14.1. The van der Waals surface area contributed by atoms with Crippen molar-refractivity contribution < 1.29 is 28.7 Å². The van der Waals surface area contributed by atoms with Crippen LogP contribution in [0.25, 0.3) is 0 Å². The summed E-state index contributed by atoms with van der Waals surface area (Å²) in [6, 6.07) is 22.6. The quantitative estimate of drug-likeness (QED) is 0.289. The first-order chi connectivity index (χ1) is 20.4. The number of nitrogens with one attached hydrogen (secondary N) is 1. The number of Topliss-reactive ketones (excluding diaryl/α,β-unsaturated/α-hetero) is 1. The van der Waals surface area contributed by atoms with Crippen molar-refractivity contribution >= 4 is 34.9 Å². The molecule has 0 bridgehead atoms. The summed E-state index contributed by atoms with van der Waals surface area (Å²) in [5.41, 5.74) is 2.28. The molecule has 5 rings (SSSR count). The van der Waals surface area contributed by atoms with Gasteiger partial charge in [-0.3, -0.25) is 29.1 Å². The predicted octanol–water partition coefficient (Wildman–Crippen LogP) is 4.04. The zero-order valence-electron chi connectivity index (χ0n) is 23.0. The lowest BCUT2D eigenvalue weighted by atomic mass is 10.0. The number of pyridine rings is 1. The van der Waals surface area contributed by atoms with Gasteiger partial charge in [0, 0.05) is 24.6 Å². The number of carbonyl (C=O) groups is 4. The molecular weight excluding hydrogens is 536 g/mol. The van der Waals surface area contributed by atoms with Gasteiger partial charge < -0.3 is 19.7 Å². The van der Waals surface area contributed by atoms with Gasteiger partial charge in [-0.25, -0.2) is 0 Å². The molecular formula is C32H28N4O6. The van der Waals surface area contributed by atoms with Gasteiger partial charge >= 0.3 is 0 Å². The highest BCUT2D eigenvalue weighted by Crippen LogP contribution is 2.31. The van der Waals surface area contributed by atoms with Gasteiger partial charge in [-0.05, 0) is 65.7 Å². The third kappa shape index (κ3) is 5.83. The molecule has 4 aromatic rings. The largest absolute Gasteiger partial charge is 0.497 e. The fourth-order valence-electron chi connectivity index (χ4n) is 4.79. The first-order valence-corrected chi connectivity index (χ1v) is 13.1. The number of ketones is 1. The van der Waals surface area contributed by atoms with E-state index in [0.717, 1.165) is 4.90 Å². The van der Waals surface area contributed by atoms with Gasteiger partial charge in [-0.2, -0.15) is 0 Å². The Balaban J connectivity index is 1.53. The number of benzene rings is 3. The van der Waals surface area contributed by atoms with Crippen molar-refractivity contribution in [1.29, 1.82) is 0 Å². The third-order valence-electron chi connectivity index (χ3n) is 6.92. The summed E-state index contributed by atoms with van der Waals surface area (Å²) in [5, 5.41) is 2.90. The number of amides is 3. The lowest BCUT2D eigenvalue weighted by molar-refractivity contribution is -0.139. The fraction of sp³-hybridized carbons (Fsp3) is 0.156. The van der Waals surface area contributed by atoms with Crippen LogP contribution in [0, 0.1) is 0 Å². The Hall–Kier alpha value is -5.51. The minimum atomic E-state index is -1.12. The number of para-hydroxylation sites is 1. The van der Waals surface area contributed by atoms with E-state index in [9.17, 15) is 19.2 Å². The van der Waals surface area contributed by atoms with Crippen LogP contribution in [0.3, 0.4) is 0 Å². The Bertz CT molecular complexity index is 1610. The number of methoxy groups -OCH3 is 2. The van der Waals surface area contributed by atoms with Gasteiger partial charge in [0.25, 0.3) is 17.6 Å². The number of fused-ring (bicyclic) bond motifs is 1. The highest BCUT2D eigenvalue weighted by Gasteiger charge is 2.39. The molecule has 0 fully saturated rings. The van der Waals surface area contributed by atoms with Crippen LogP contribution >= 0.6 is 0 Å². The molecule has 2 heterocycles. The normalized spacial score (nSPS) is 12.9. The molecule has 10 nitrogen and oxygen atoms in total. The first-order valence-electron chi connectivity index (χ1n) is 13.1. The molecule has 1 aromatic heterocycles. The molecule has 3 aromatic carbocycles. The molecule has 10 heteroatoms. The van der Waals surface area contributed by atoms with E-state index in [-0.39, 0.29) is 12.1 Å². The standard InChI is InChI=1S/C32H28N4O6/c1-41-24-13-9-22(10-14-24)29(31(39)34-23-11-15-25(42-2)16-12-23)36(19-21-6-5-17-33-18-21)28(37)20-35-27-8-4-3-7-26(27)30(38)32(35)40/h3-18,29H,19-20H2,1-2H3,(H,34,39). The van der Waals surface area contributed by atoms with Crippen LogP contribution < -0.4 is 19.7 Å². The van der Waals surface area contributed by atoms with Crippen LogP contribution in [0.1, 0.15) is 27.5 Å². The van der Waals surface area contributed by atoms with E-state index in [0.29, 0.717) is 34.0 Å².